The highest BCUT2D eigenvalue weighted by atomic mass is 32.2. The minimum absolute atomic E-state index is 0.432. The first kappa shape index (κ1) is 15.5. The second-order valence-electron chi connectivity index (χ2n) is 5.15. The molecule has 2 rings (SSSR count). The van der Waals surface area contributed by atoms with Crippen molar-refractivity contribution in [1.29, 1.82) is 0 Å². The van der Waals surface area contributed by atoms with E-state index in [0.29, 0.717) is 24.1 Å². The number of nitrogens with one attached hydrogen (secondary N) is 1. The van der Waals surface area contributed by atoms with Gasteiger partial charge in [-0.3, -0.25) is 0 Å². The number of nitrogen functional groups attached to an aromatic ring is 1. The number of hydrogen-bond acceptors (Lipinski definition) is 5. The molecule has 0 saturated heterocycles. The van der Waals surface area contributed by atoms with Crippen molar-refractivity contribution in [2.45, 2.75) is 18.7 Å². The first-order valence-corrected chi connectivity index (χ1v) is 8.11. The predicted octanol–water partition coefficient (Wildman–Crippen LogP) is 4.16. The van der Waals surface area contributed by atoms with Crippen molar-refractivity contribution in [3.05, 3.63) is 36.4 Å². The Balaban J connectivity index is 2.10. The number of pyridine rings is 1. The first-order valence-electron chi connectivity index (χ1n) is 6.89. The first-order chi connectivity index (χ1) is 10.1. The van der Waals surface area contributed by atoms with Crippen LogP contribution in [0.3, 0.4) is 0 Å². The Labute approximate surface area is 130 Å². The van der Waals surface area contributed by atoms with Gasteiger partial charge in [-0.2, -0.15) is 4.98 Å². The number of benzene rings is 1. The van der Waals surface area contributed by atoms with Gasteiger partial charge in [0.25, 0.3) is 0 Å². The van der Waals surface area contributed by atoms with Gasteiger partial charge in [0.15, 0.2) is 0 Å². The van der Waals surface area contributed by atoms with Crippen LogP contribution in [0.5, 0.6) is 5.88 Å². The summed E-state index contributed by atoms with van der Waals surface area (Å²) in [6.45, 7) is 4.78. The molecule has 1 aromatic carbocycles. The zero-order valence-electron chi connectivity index (χ0n) is 12.6. The van der Waals surface area contributed by atoms with Gasteiger partial charge >= 0.3 is 0 Å². The maximum absolute atomic E-state index is 5.89. The summed E-state index contributed by atoms with van der Waals surface area (Å²) in [7, 11) is 0. The molecule has 4 nitrogen and oxygen atoms in total. The van der Waals surface area contributed by atoms with Gasteiger partial charge in [-0.25, -0.2) is 0 Å². The largest absolute Gasteiger partial charge is 0.476 e. The molecular weight excluding hydrogens is 282 g/mol. The Kier molecular flexibility index (Phi) is 5.33. The van der Waals surface area contributed by atoms with Crippen molar-refractivity contribution in [3.8, 4) is 5.88 Å². The number of anilines is 3. The number of rotatable bonds is 6. The summed E-state index contributed by atoms with van der Waals surface area (Å²) >= 11 is 1.72. The average molecular weight is 303 g/mol. The summed E-state index contributed by atoms with van der Waals surface area (Å²) in [5.74, 6) is 1.64. The molecule has 5 heteroatoms. The van der Waals surface area contributed by atoms with E-state index in [0.717, 1.165) is 11.5 Å². The standard InChI is InChI=1S/C16H21N3OS/c1-11(2)10-20-16-14(17)8-9-15(19-16)18-12-4-6-13(21-3)7-5-12/h4-9,11H,10,17H2,1-3H3,(H,18,19). The zero-order valence-corrected chi connectivity index (χ0v) is 13.4. The summed E-state index contributed by atoms with van der Waals surface area (Å²) in [5, 5.41) is 3.25. The molecule has 21 heavy (non-hydrogen) atoms. The Morgan fingerprint density at radius 3 is 2.52 bits per heavy atom. The lowest BCUT2D eigenvalue weighted by atomic mass is 10.2. The van der Waals surface area contributed by atoms with E-state index in [1.165, 1.54) is 4.90 Å². The molecule has 0 spiro atoms. The molecule has 112 valence electrons. The van der Waals surface area contributed by atoms with Gasteiger partial charge in [-0.1, -0.05) is 13.8 Å². The van der Waals surface area contributed by atoms with Gasteiger partial charge in [0.2, 0.25) is 5.88 Å². The number of aromatic nitrogens is 1. The number of hydrogen-bond donors (Lipinski definition) is 2. The van der Waals surface area contributed by atoms with Crippen molar-refractivity contribution in [1.82, 2.24) is 4.98 Å². The summed E-state index contributed by atoms with van der Waals surface area (Å²) in [6.07, 6.45) is 2.06. The Morgan fingerprint density at radius 1 is 1.19 bits per heavy atom. The van der Waals surface area contributed by atoms with Crippen LogP contribution in [0.4, 0.5) is 17.2 Å². The van der Waals surface area contributed by atoms with Crippen LogP contribution in [0.1, 0.15) is 13.8 Å². The quantitative estimate of drug-likeness (QED) is 0.785. The fourth-order valence-corrected chi connectivity index (χ4v) is 2.11. The van der Waals surface area contributed by atoms with Gasteiger partial charge in [-0.15, -0.1) is 11.8 Å². The van der Waals surface area contributed by atoms with E-state index in [-0.39, 0.29) is 0 Å². The van der Waals surface area contributed by atoms with E-state index in [4.69, 9.17) is 10.5 Å². The molecule has 1 heterocycles. The molecule has 0 saturated carbocycles. The normalized spacial score (nSPS) is 10.7. The Hall–Kier alpha value is -1.88. The van der Waals surface area contributed by atoms with Gasteiger partial charge in [0, 0.05) is 10.6 Å². The van der Waals surface area contributed by atoms with Crippen LogP contribution in [0.25, 0.3) is 0 Å². The second-order valence-corrected chi connectivity index (χ2v) is 6.03. The van der Waals surface area contributed by atoms with E-state index >= 15 is 0 Å². The third kappa shape index (κ3) is 4.56. The molecule has 2 aromatic rings. The highest BCUT2D eigenvalue weighted by Gasteiger charge is 2.06. The van der Waals surface area contributed by atoms with Crippen molar-refractivity contribution in [2.24, 2.45) is 5.92 Å². The molecule has 0 aliphatic carbocycles. The predicted molar refractivity (Wildman–Crippen MR) is 90.5 cm³/mol. The van der Waals surface area contributed by atoms with E-state index in [1.807, 2.05) is 18.2 Å². The Bertz CT molecular complexity index is 585. The molecule has 0 unspecified atom stereocenters. The lowest BCUT2D eigenvalue weighted by Gasteiger charge is -2.12. The zero-order chi connectivity index (χ0) is 15.2. The van der Waals surface area contributed by atoms with Crippen molar-refractivity contribution >= 4 is 29.0 Å². The van der Waals surface area contributed by atoms with Gasteiger partial charge in [0.05, 0.1) is 12.3 Å². The maximum Gasteiger partial charge on any atom is 0.239 e. The number of thioether (sulfide) groups is 1. The molecule has 0 bridgehead atoms. The summed E-state index contributed by atoms with van der Waals surface area (Å²) in [4.78, 5) is 5.65. The number of nitrogens with two attached hydrogens (primary N) is 1. The van der Waals surface area contributed by atoms with Gasteiger partial charge in [-0.05, 0) is 48.6 Å². The summed E-state index contributed by atoms with van der Waals surface area (Å²) in [5.41, 5.74) is 7.43. The van der Waals surface area contributed by atoms with Gasteiger partial charge < -0.3 is 15.8 Å². The summed E-state index contributed by atoms with van der Waals surface area (Å²) in [6, 6.07) is 11.8. The van der Waals surface area contributed by atoms with Crippen LogP contribution < -0.4 is 15.8 Å². The molecule has 0 aliphatic heterocycles. The minimum Gasteiger partial charge on any atom is -0.476 e. The molecule has 3 N–H and O–H groups in total. The molecule has 0 aliphatic rings. The highest BCUT2D eigenvalue weighted by molar-refractivity contribution is 7.98. The topological polar surface area (TPSA) is 60.2 Å². The smallest absolute Gasteiger partial charge is 0.239 e. The molecule has 0 amide bonds. The average Bonchev–Trinajstić information content (AvgIpc) is 2.48. The molecule has 0 radical (unpaired) electrons. The lowest BCUT2D eigenvalue weighted by Crippen LogP contribution is -2.08. The van der Waals surface area contributed by atoms with E-state index in [9.17, 15) is 0 Å². The van der Waals surface area contributed by atoms with Crippen LogP contribution in [0.2, 0.25) is 0 Å². The van der Waals surface area contributed by atoms with Crippen molar-refractivity contribution in [2.75, 3.05) is 23.9 Å². The molecule has 0 fully saturated rings. The van der Waals surface area contributed by atoms with E-state index in [2.05, 4.69) is 42.5 Å². The van der Waals surface area contributed by atoms with Crippen LogP contribution in [0.15, 0.2) is 41.3 Å². The summed E-state index contributed by atoms with van der Waals surface area (Å²) < 4.78 is 5.63. The van der Waals surface area contributed by atoms with E-state index in [1.54, 1.807) is 17.8 Å². The third-order valence-corrected chi connectivity index (χ3v) is 3.55. The van der Waals surface area contributed by atoms with Gasteiger partial charge in [0.1, 0.15) is 5.82 Å². The Morgan fingerprint density at radius 2 is 1.90 bits per heavy atom. The van der Waals surface area contributed by atoms with Crippen molar-refractivity contribution in [3.63, 3.8) is 0 Å². The number of ether oxygens (including phenoxy) is 1. The fourth-order valence-electron chi connectivity index (χ4n) is 1.70. The molecule has 1 aromatic heterocycles. The highest BCUT2D eigenvalue weighted by Crippen LogP contribution is 2.24. The van der Waals surface area contributed by atoms with E-state index < -0.39 is 0 Å². The van der Waals surface area contributed by atoms with Crippen LogP contribution in [-0.4, -0.2) is 17.8 Å². The monoisotopic (exact) mass is 303 g/mol. The number of nitrogens with zero attached hydrogens (tertiary/aromatic N) is 1. The van der Waals surface area contributed by atoms with Crippen LogP contribution in [0, 0.1) is 5.92 Å². The SMILES string of the molecule is CSc1ccc(Nc2ccc(N)c(OCC(C)C)n2)cc1. The fraction of sp³-hybridized carbons (Fsp3) is 0.312. The minimum atomic E-state index is 0.432. The van der Waals surface area contributed by atoms with Crippen molar-refractivity contribution < 1.29 is 4.74 Å². The maximum atomic E-state index is 5.89. The van der Waals surface area contributed by atoms with Crippen LogP contribution >= 0.6 is 11.8 Å². The van der Waals surface area contributed by atoms with Crippen LogP contribution in [-0.2, 0) is 0 Å². The lowest BCUT2D eigenvalue weighted by molar-refractivity contribution is 0.263. The second kappa shape index (κ2) is 7.22. The molecule has 0 atom stereocenters. The third-order valence-electron chi connectivity index (χ3n) is 2.81. The molecular formula is C16H21N3OS.